The van der Waals surface area contributed by atoms with E-state index in [2.05, 4.69) is 10.3 Å². The minimum absolute atomic E-state index is 0.150. The monoisotopic (exact) mass is 363 g/mol. The van der Waals surface area contributed by atoms with Crippen LogP contribution in [0.2, 0.25) is 0 Å². The first-order valence-corrected chi connectivity index (χ1v) is 9.11. The van der Waals surface area contributed by atoms with Crippen molar-refractivity contribution in [2.24, 2.45) is 0 Å². The van der Waals surface area contributed by atoms with Gasteiger partial charge in [-0.25, -0.2) is 4.98 Å². The Morgan fingerprint density at radius 2 is 1.92 bits per heavy atom. The van der Waals surface area contributed by atoms with Crippen molar-refractivity contribution in [3.05, 3.63) is 83.1 Å². The van der Waals surface area contributed by atoms with Gasteiger partial charge in [-0.1, -0.05) is 36.4 Å². The smallest absolute Gasteiger partial charge is 0.270 e. The molecule has 4 rings (SSSR count). The SMILES string of the molecule is Cc1nc2sccn2c1C(=O)NCc1ccccc1Oc1ccccc1. The maximum absolute atomic E-state index is 12.7. The van der Waals surface area contributed by atoms with Gasteiger partial charge in [0.1, 0.15) is 17.2 Å². The highest BCUT2D eigenvalue weighted by atomic mass is 32.1. The number of aromatic nitrogens is 2. The Labute approximate surface area is 154 Å². The molecule has 0 aliphatic rings. The van der Waals surface area contributed by atoms with Gasteiger partial charge in [0.05, 0.1) is 5.69 Å². The minimum atomic E-state index is -0.150. The van der Waals surface area contributed by atoms with E-state index in [4.69, 9.17) is 4.74 Å². The Bertz CT molecular complexity index is 1050. The van der Waals surface area contributed by atoms with Gasteiger partial charge in [-0.3, -0.25) is 9.20 Å². The van der Waals surface area contributed by atoms with E-state index < -0.39 is 0 Å². The van der Waals surface area contributed by atoms with Crippen LogP contribution in [0, 0.1) is 6.92 Å². The summed E-state index contributed by atoms with van der Waals surface area (Å²) >= 11 is 1.51. The molecule has 2 aromatic heterocycles. The molecule has 0 saturated heterocycles. The van der Waals surface area contributed by atoms with Gasteiger partial charge in [0.15, 0.2) is 4.96 Å². The van der Waals surface area contributed by atoms with Gasteiger partial charge >= 0.3 is 0 Å². The summed E-state index contributed by atoms with van der Waals surface area (Å²) in [6.45, 7) is 2.22. The zero-order valence-corrected chi connectivity index (χ0v) is 15.0. The first kappa shape index (κ1) is 16.4. The van der Waals surface area contributed by atoms with Gasteiger partial charge in [-0.05, 0) is 25.1 Å². The van der Waals surface area contributed by atoms with Crippen molar-refractivity contribution in [3.63, 3.8) is 0 Å². The Hall–Kier alpha value is -3.12. The van der Waals surface area contributed by atoms with E-state index in [-0.39, 0.29) is 5.91 Å². The van der Waals surface area contributed by atoms with Gasteiger partial charge < -0.3 is 10.1 Å². The van der Waals surface area contributed by atoms with Gasteiger partial charge in [-0.15, -0.1) is 11.3 Å². The highest BCUT2D eigenvalue weighted by molar-refractivity contribution is 7.15. The van der Waals surface area contributed by atoms with Crippen LogP contribution >= 0.6 is 11.3 Å². The molecule has 0 saturated carbocycles. The number of fused-ring (bicyclic) bond motifs is 1. The van der Waals surface area contributed by atoms with E-state index in [0.717, 1.165) is 27.7 Å². The van der Waals surface area contributed by atoms with Crippen LogP contribution in [0.15, 0.2) is 66.2 Å². The van der Waals surface area contributed by atoms with E-state index >= 15 is 0 Å². The van der Waals surface area contributed by atoms with E-state index in [9.17, 15) is 4.79 Å². The number of para-hydroxylation sites is 2. The number of thiazole rings is 1. The normalized spacial score (nSPS) is 10.8. The molecule has 4 aromatic rings. The number of nitrogens with one attached hydrogen (secondary N) is 1. The lowest BCUT2D eigenvalue weighted by Gasteiger charge is -2.12. The summed E-state index contributed by atoms with van der Waals surface area (Å²) in [5.41, 5.74) is 2.21. The summed E-state index contributed by atoms with van der Waals surface area (Å²) in [4.78, 5) is 17.9. The van der Waals surface area contributed by atoms with Crippen LogP contribution < -0.4 is 10.1 Å². The minimum Gasteiger partial charge on any atom is -0.457 e. The van der Waals surface area contributed by atoms with E-state index in [1.54, 1.807) is 0 Å². The average molecular weight is 363 g/mol. The van der Waals surface area contributed by atoms with Crippen LogP contribution in [-0.4, -0.2) is 15.3 Å². The number of hydrogen-bond acceptors (Lipinski definition) is 4. The van der Waals surface area contributed by atoms with Gasteiger partial charge in [0, 0.05) is 23.7 Å². The van der Waals surface area contributed by atoms with Crippen LogP contribution in [-0.2, 0) is 6.54 Å². The quantitative estimate of drug-likeness (QED) is 0.571. The number of benzene rings is 2. The van der Waals surface area contributed by atoms with Crippen LogP contribution in [0.3, 0.4) is 0 Å². The second-order valence-corrected chi connectivity index (χ2v) is 6.68. The number of hydrogen-bond donors (Lipinski definition) is 1. The second kappa shape index (κ2) is 7.01. The fourth-order valence-electron chi connectivity index (χ4n) is 2.79. The third kappa shape index (κ3) is 3.19. The van der Waals surface area contributed by atoms with Crippen molar-refractivity contribution in [3.8, 4) is 11.5 Å². The molecule has 6 heteroatoms. The highest BCUT2D eigenvalue weighted by Gasteiger charge is 2.17. The molecule has 0 radical (unpaired) electrons. The molecule has 0 aliphatic heterocycles. The predicted octanol–water partition coefficient (Wildman–Crippen LogP) is 4.43. The number of amides is 1. The molecular formula is C20H17N3O2S. The standard InChI is InChI=1S/C20H17N3O2S/c1-14-18(23-11-12-26-20(23)22-14)19(24)21-13-15-7-5-6-10-17(15)25-16-8-3-2-4-9-16/h2-12H,13H2,1H3,(H,21,24). The Kier molecular flexibility index (Phi) is 4.41. The topological polar surface area (TPSA) is 55.6 Å². The number of aryl methyl sites for hydroxylation is 1. The van der Waals surface area contributed by atoms with Gasteiger partial charge in [0.2, 0.25) is 0 Å². The Morgan fingerprint density at radius 1 is 1.15 bits per heavy atom. The molecule has 0 fully saturated rings. The van der Waals surface area contributed by atoms with Crippen molar-refractivity contribution in [1.29, 1.82) is 0 Å². The highest BCUT2D eigenvalue weighted by Crippen LogP contribution is 2.25. The largest absolute Gasteiger partial charge is 0.457 e. The van der Waals surface area contributed by atoms with Crippen LogP contribution in [0.4, 0.5) is 0 Å². The van der Waals surface area contributed by atoms with Gasteiger partial charge in [-0.2, -0.15) is 0 Å². The lowest BCUT2D eigenvalue weighted by atomic mass is 10.2. The van der Waals surface area contributed by atoms with E-state index in [0.29, 0.717) is 12.2 Å². The first-order chi connectivity index (χ1) is 12.7. The lowest BCUT2D eigenvalue weighted by molar-refractivity contribution is 0.0944. The molecule has 130 valence electrons. The van der Waals surface area contributed by atoms with Crippen molar-refractivity contribution in [1.82, 2.24) is 14.7 Å². The fraction of sp³-hybridized carbons (Fsp3) is 0.100. The zero-order chi connectivity index (χ0) is 17.9. The Balaban J connectivity index is 1.52. The zero-order valence-electron chi connectivity index (χ0n) is 14.2. The molecule has 2 aromatic carbocycles. The van der Waals surface area contributed by atoms with Gasteiger partial charge in [0.25, 0.3) is 5.91 Å². The summed E-state index contributed by atoms with van der Waals surface area (Å²) in [6.07, 6.45) is 1.86. The first-order valence-electron chi connectivity index (χ1n) is 8.23. The summed E-state index contributed by atoms with van der Waals surface area (Å²) in [5, 5.41) is 4.89. The molecular weight excluding hydrogens is 346 g/mol. The number of imidazole rings is 1. The summed E-state index contributed by atoms with van der Waals surface area (Å²) < 4.78 is 7.77. The van der Waals surface area contributed by atoms with Crippen LogP contribution in [0.5, 0.6) is 11.5 Å². The molecule has 26 heavy (non-hydrogen) atoms. The maximum Gasteiger partial charge on any atom is 0.270 e. The third-order valence-corrected chi connectivity index (χ3v) is 4.79. The van der Waals surface area contributed by atoms with Crippen molar-refractivity contribution >= 4 is 22.2 Å². The number of rotatable bonds is 5. The number of carbonyl (C=O) groups excluding carboxylic acids is 1. The predicted molar refractivity (Wildman–Crippen MR) is 102 cm³/mol. The van der Waals surface area contributed by atoms with Crippen LogP contribution in [0.1, 0.15) is 21.7 Å². The van der Waals surface area contributed by atoms with E-state index in [1.165, 1.54) is 11.3 Å². The fourth-order valence-corrected chi connectivity index (χ4v) is 3.55. The molecule has 2 heterocycles. The summed E-state index contributed by atoms with van der Waals surface area (Å²) in [6, 6.07) is 17.3. The number of carbonyl (C=O) groups is 1. The van der Waals surface area contributed by atoms with E-state index in [1.807, 2.05) is 77.5 Å². The Morgan fingerprint density at radius 3 is 2.77 bits per heavy atom. The van der Waals surface area contributed by atoms with Crippen molar-refractivity contribution < 1.29 is 9.53 Å². The molecule has 5 nitrogen and oxygen atoms in total. The van der Waals surface area contributed by atoms with Crippen molar-refractivity contribution in [2.75, 3.05) is 0 Å². The molecule has 1 amide bonds. The maximum atomic E-state index is 12.7. The number of nitrogens with zero attached hydrogens (tertiary/aromatic N) is 2. The lowest BCUT2D eigenvalue weighted by Crippen LogP contribution is -2.25. The number of ether oxygens (including phenoxy) is 1. The molecule has 0 atom stereocenters. The average Bonchev–Trinajstić information content (AvgIpc) is 3.21. The summed E-state index contributed by atoms with van der Waals surface area (Å²) in [7, 11) is 0. The molecule has 1 N–H and O–H groups in total. The molecule has 0 aliphatic carbocycles. The summed E-state index contributed by atoms with van der Waals surface area (Å²) in [5.74, 6) is 1.34. The third-order valence-electron chi connectivity index (χ3n) is 4.03. The molecule has 0 spiro atoms. The molecule has 0 unspecified atom stereocenters. The second-order valence-electron chi connectivity index (χ2n) is 5.81. The van der Waals surface area contributed by atoms with Crippen LogP contribution in [0.25, 0.3) is 4.96 Å². The van der Waals surface area contributed by atoms with Crippen molar-refractivity contribution in [2.45, 2.75) is 13.5 Å². The molecule has 0 bridgehead atoms.